The highest BCUT2D eigenvalue weighted by Crippen LogP contribution is 2.20. The van der Waals surface area contributed by atoms with Gasteiger partial charge >= 0.3 is 0 Å². The lowest BCUT2D eigenvalue weighted by atomic mass is 10.2. The van der Waals surface area contributed by atoms with Crippen molar-refractivity contribution in [1.82, 2.24) is 0 Å². The van der Waals surface area contributed by atoms with Crippen LogP contribution in [-0.4, -0.2) is 31.1 Å². The van der Waals surface area contributed by atoms with Gasteiger partial charge < -0.3 is 4.90 Å². The molecule has 1 aromatic carbocycles. The maximum absolute atomic E-state index is 4.22. The van der Waals surface area contributed by atoms with Gasteiger partial charge in [-0.3, -0.25) is 4.99 Å². The number of nitrogens with zero attached hydrogens (tertiary/aromatic N) is 4. The molecule has 90 valence electrons. The Kier molecular flexibility index (Phi) is 4.14. The van der Waals surface area contributed by atoms with Gasteiger partial charge in [-0.25, -0.2) is 0 Å². The molecule has 1 aliphatic rings. The summed E-state index contributed by atoms with van der Waals surface area (Å²) in [7, 11) is 2.07. The maximum atomic E-state index is 4.22. The lowest BCUT2D eigenvalue weighted by Gasteiger charge is -2.16. The average molecular weight is 248 g/mol. The summed E-state index contributed by atoms with van der Waals surface area (Å²) < 4.78 is 0. The van der Waals surface area contributed by atoms with E-state index < -0.39 is 0 Å². The Balaban J connectivity index is 2.02. The lowest BCUT2D eigenvalue weighted by Crippen LogP contribution is -2.15. The number of thioether (sulfide) groups is 1. The van der Waals surface area contributed by atoms with Crippen molar-refractivity contribution in [1.29, 1.82) is 0 Å². The molecule has 5 heteroatoms. The monoisotopic (exact) mass is 248 g/mol. The Morgan fingerprint density at radius 3 is 2.65 bits per heavy atom. The number of hydrogen-bond donors (Lipinski definition) is 0. The van der Waals surface area contributed by atoms with E-state index in [1.165, 1.54) is 5.69 Å². The van der Waals surface area contributed by atoms with Gasteiger partial charge in [0.15, 0.2) is 0 Å². The molecule has 0 fully saturated rings. The van der Waals surface area contributed by atoms with Crippen LogP contribution in [-0.2, 0) is 0 Å². The van der Waals surface area contributed by atoms with E-state index in [-0.39, 0.29) is 0 Å². The van der Waals surface area contributed by atoms with E-state index in [1.54, 1.807) is 11.8 Å². The van der Waals surface area contributed by atoms with Gasteiger partial charge in [-0.1, -0.05) is 11.8 Å². The molecule has 0 saturated heterocycles. The second-order valence-corrected chi connectivity index (χ2v) is 4.81. The van der Waals surface area contributed by atoms with Crippen LogP contribution in [0.3, 0.4) is 0 Å². The molecule has 0 spiro atoms. The van der Waals surface area contributed by atoms with E-state index in [0.29, 0.717) is 0 Å². The van der Waals surface area contributed by atoms with Crippen LogP contribution < -0.4 is 4.90 Å². The van der Waals surface area contributed by atoms with E-state index in [9.17, 15) is 0 Å². The predicted octanol–water partition coefficient (Wildman–Crippen LogP) is 3.33. The number of benzene rings is 1. The average Bonchev–Trinajstić information content (AvgIpc) is 2.89. The van der Waals surface area contributed by atoms with Gasteiger partial charge in [0, 0.05) is 25.0 Å². The van der Waals surface area contributed by atoms with Gasteiger partial charge in [0.1, 0.15) is 0 Å². The molecule has 0 atom stereocenters. The van der Waals surface area contributed by atoms with Crippen LogP contribution in [0.2, 0.25) is 0 Å². The van der Waals surface area contributed by atoms with Crippen molar-refractivity contribution in [2.75, 3.05) is 30.8 Å². The molecule has 1 aliphatic heterocycles. The molecule has 0 bridgehead atoms. The van der Waals surface area contributed by atoms with E-state index in [1.807, 2.05) is 12.1 Å². The zero-order valence-electron chi connectivity index (χ0n) is 10.1. The van der Waals surface area contributed by atoms with Crippen LogP contribution in [0.1, 0.15) is 6.92 Å². The van der Waals surface area contributed by atoms with E-state index in [2.05, 4.69) is 46.2 Å². The molecule has 0 saturated carbocycles. The van der Waals surface area contributed by atoms with Crippen LogP contribution in [0.25, 0.3) is 0 Å². The third kappa shape index (κ3) is 3.30. The van der Waals surface area contributed by atoms with Crippen LogP contribution in [0.15, 0.2) is 39.5 Å². The van der Waals surface area contributed by atoms with Crippen LogP contribution in [0.5, 0.6) is 0 Å². The van der Waals surface area contributed by atoms with Gasteiger partial charge in [0.05, 0.1) is 12.2 Å². The Morgan fingerprint density at radius 2 is 2.06 bits per heavy atom. The van der Waals surface area contributed by atoms with Crippen molar-refractivity contribution in [2.45, 2.75) is 6.92 Å². The highest BCUT2D eigenvalue weighted by atomic mass is 32.2. The summed E-state index contributed by atoms with van der Waals surface area (Å²) in [6, 6.07) is 8.07. The SMILES string of the molecule is CCN(C)c1ccc(N=NC2=NCCS2)cc1. The van der Waals surface area contributed by atoms with Crippen molar-refractivity contribution in [3.63, 3.8) is 0 Å². The fraction of sp³-hybridized carbons (Fsp3) is 0.417. The molecule has 0 aromatic heterocycles. The Bertz CT molecular complexity index is 425. The fourth-order valence-electron chi connectivity index (χ4n) is 1.44. The van der Waals surface area contributed by atoms with Crippen molar-refractivity contribution in [2.24, 2.45) is 15.2 Å². The number of amidine groups is 1. The molecule has 1 heterocycles. The Labute approximate surface area is 106 Å². The summed E-state index contributed by atoms with van der Waals surface area (Å²) in [6.45, 7) is 3.98. The van der Waals surface area contributed by atoms with Gasteiger partial charge in [-0.05, 0) is 31.2 Å². The first-order valence-electron chi connectivity index (χ1n) is 5.70. The van der Waals surface area contributed by atoms with E-state index in [4.69, 9.17) is 0 Å². The van der Waals surface area contributed by atoms with Gasteiger partial charge in [0.2, 0.25) is 5.17 Å². The maximum Gasteiger partial charge on any atom is 0.204 e. The Morgan fingerprint density at radius 1 is 1.29 bits per heavy atom. The van der Waals surface area contributed by atoms with Crippen LogP contribution in [0, 0.1) is 0 Å². The normalized spacial score (nSPS) is 15.3. The standard InChI is InChI=1S/C12H16N4S/c1-3-16(2)11-6-4-10(5-7-11)14-15-12-13-8-9-17-12/h4-7H,3,8-9H2,1-2H3. The molecule has 17 heavy (non-hydrogen) atoms. The smallest absolute Gasteiger partial charge is 0.204 e. The van der Waals surface area contributed by atoms with Crippen molar-refractivity contribution in [3.8, 4) is 0 Å². The first-order chi connectivity index (χ1) is 8.29. The first-order valence-corrected chi connectivity index (χ1v) is 6.68. The third-order valence-electron chi connectivity index (χ3n) is 2.59. The second-order valence-electron chi connectivity index (χ2n) is 3.74. The summed E-state index contributed by atoms with van der Waals surface area (Å²) in [5.41, 5.74) is 2.06. The quantitative estimate of drug-likeness (QED) is 0.770. The van der Waals surface area contributed by atoms with E-state index >= 15 is 0 Å². The minimum atomic E-state index is 0.791. The zero-order valence-corrected chi connectivity index (χ0v) is 10.9. The summed E-state index contributed by atoms with van der Waals surface area (Å²) >= 11 is 1.65. The fourth-order valence-corrected chi connectivity index (χ4v) is 2.09. The molecule has 2 rings (SSSR count). The molecular formula is C12H16N4S. The molecule has 0 radical (unpaired) electrons. The molecule has 4 nitrogen and oxygen atoms in total. The topological polar surface area (TPSA) is 40.3 Å². The number of hydrogen-bond acceptors (Lipinski definition) is 5. The molecule has 0 aliphatic carbocycles. The molecule has 1 aromatic rings. The highest BCUT2D eigenvalue weighted by molar-refractivity contribution is 8.14. The molecular weight excluding hydrogens is 232 g/mol. The van der Waals surface area contributed by atoms with Crippen LogP contribution in [0.4, 0.5) is 11.4 Å². The first kappa shape index (κ1) is 12.1. The van der Waals surface area contributed by atoms with E-state index in [0.717, 1.165) is 29.7 Å². The number of rotatable bonds is 3. The lowest BCUT2D eigenvalue weighted by molar-refractivity contribution is 0.968. The predicted molar refractivity (Wildman–Crippen MR) is 74.7 cm³/mol. The number of aliphatic imine (C=N–C) groups is 1. The second kappa shape index (κ2) is 5.82. The highest BCUT2D eigenvalue weighted by Gasteiger charge is 2.04. The number of azo groups is 1. The summed E-state index contributed by atoms with van der Waals surface area (Å²) in [5, 5.41) is 9.07. The van der Waals surface area contributed by atoms with Crippen molar-refractivity contribution >= 4 is 28.3 Å². The summed E-state index contributed by atoms with van der Waals surface area (Å²) in [6.07, 6.45) is 0. The van der Waals surface area contributed by atoms with Crippen molar-refractivity contribution < 1.29 is 0 Å². The zero-order chi connectivity index (χ0) is 12.1. The molecule has 0 amide bonds. The number of anilines is 1. The van der Waals surface area contributed by atoms with Crippen molar-refractivity contribution in [3.05, 3.63) is 24.3 Å². The van der Waals surface area contributed by atoms with Gasteiger partial charge in [-0.2, -0.15) is 0 Å². The largest absolute Gasteiger partial charge is 0.375 e. The minimum absolute atomic E-state index is 0.791. The molecule has 0 unspecified atom stereocenters. The third-order valence-corrected chi connectivity index (χ3v) is 3.44. The Hall–Kier alpha value is -1.36. The molecule has 0 N–H and O–H groups in total. The summed E-state index contributed by atoms with van der Waals surface area (Å²) in [5.74, 6) is 1.02. The minimum Gasteiger partial charge on any atom is -0.375 e. The van der Waals surface area contributed by atoms with Gasteiger partial charge in [-0.15, -0.1) is 10.2 Å². The summed E-state index contributed by atoms with van der Waals surface area (Å²) in [4.78, 5) is 6.40. The van der Waals surface area contributed by atoms with Crippen LogP contribution >= 0.6 is 11.8 Å². The van der Waals surface area contributed by atoms with Gasteiger partial charge in [0.25, 0.3) is 0 Å².